The molecule has 3 heterocycles. The van der Waals surface area contributed by atoms with Crippen LogP contribution in [0.5, 0.6) is 0 Å². The number of fused-ring (bicyclic) bond motifs is 2. The Morgan fingerprint density at radius 3 is 2.76 bits per heavy atom. The number of ether oxygens (including phenoxy) is 1. The van der Waals surface area contributed by atoms with Crippen LogP contribution >= 0.6 is 0 Å². The monoisotopic (exact) mass is 230 g/mol. The maximum atomic E-state index is 10.7. The summed E-state index contributed by atoms with van der Waals surface area (Å²) >= 11 is 0. The first-order valence-corrected chi connectivity index (χ1v) is 5.95. The summed E-state index contributed by atoms with van der Waals surface area (Å²) < 4.78 is 5.72. The van der Waals surface area contributed by atoms with Gasteiger partial charge in [0.2, 0.25) is 0 Å². The molecule has 88 valence electrons. The molecular weight excluding hydrogens is 216 g/mol. The van der Waals surface area contributed by atoms with Crippen molar-refractivity contribution < 1.29 is 9.84 Å². The van der Waals surface area contributed by atoms with Crippen molar-refractivity contribution in [2.75, 3.05) is 0 Å². The SMILES string of the molecule is N#Cc1cccnc1C1(O)CC2CCC(C1)O2. The van der Waals surface area contributed by atoms with Gasteiger partial charge in [-0.3, -0.25) is 4.98 Å². The maximum Gasteiger partial charge on any atom is 0.113 e. The van der Waals surface area contributed by atoms with Crippen LogP contribution in [0.3, 0.4) is 0 Å². The molecule has 2 aliphatic heterocycles. The van der Waals surface area contributed by atoms with Crippen LogP contribution in [0.15, 0.2) is 18.3 Å². The molecule has 2 bridgehead atoms. The maximum absolute atomic E-state index is 10.7. The second-order valence-electron chi connectivity index (χ2n) is 4.91. The van der Waals surface area contributed by atoms with Gasteiger partial charge in [-0.05, 0) is 25.0 Å². The van der Waals surface area contributed by atoms with Crippen LogP contribution in [0.2, 0.25) is 0 Å². The van der Waals surface area contributed by atoms with Gasteiger partial charge in [0.15, 0.2) is 0 Å². The minimum atomic E-state index is -0.990. The molecule has 2 fully saturated rings. The topological polar surface area (TPSA) is 66.1 Å². The third kappa shape index (κ3) is 1.72. The zero-order valence-corrected chi connectivity index (χ0v) is 9.47. The van der Waals surface area contributed by atoms with E-state index in [1.807, 2.05) is 0 Å². The number of aliphatic hydroxyl groups is 1. The zero-order valence-electron chi connectivity index (χ0n) is 9.47. The molecule has 1 N–H and O–H groups in total. The van der Waals surface area contributed by atoms with Crippen molar-refractivity contribution in [2.24, 2.45) is 0 Å². The van der Waals surface area contributed by atoms with Crippen molar-refractivity contribution in [3.63, 3.8) is 0 Å². The van der Waals surface area contributed by atoms with Gasteiger partial charge in [0.05, 0.1) is 23.5 Å². The molecule has 17 heavy (non-hydrogen) atoms. The molecule has 2 aliphatic rings. The Labute approximate surface area is 99.9 Å². The molecule has 0 aliphatic carbocycles. The summed E-state index contributed by atoms with van der Waals surface area (Å²) in [5, 5.41) is 19.8. The van der Waals surface area contributed by atoms with Gasteiger partial charge in [0.25, 0.3) is 0 Å². The summed E-state index contributed by atoms with van der Waals surface area (Å²) in [5.74, 6) is 0. The van der Waals surface area contributed by atoms with E-state index in [4.69, 9.17) is 10.00 Å². The molecule has 0 radical (unpaired) electrons. The minimum Gasteiger partial charge on any atom is -0.383 e. The lowest BCUT2D eigenvalue weighted by Crippen LogP contribution is -2.39. The van der Waals surface area contributed by atoms with E-state index in [-0.39, 0.29) is 12.2 Å². The normalized spacial score (nSPS) is 35.5. The van der Waals surface area contributed by atoms with Crippen molar-refractivity contribution in [1.29, 1.82) is 5.26 Å². The smallest absolute Gasteiger partial charge is 0.113 e. The molecule has 0 amide bonds. The molecule has 4 heteroatoms. The fourth-order valence-electron chi connectivity index (χ4n) is 2.98. The Hall–Kier alpha value is -1.44. The van der Waals surface area contributed by atoms with E-state index >= 15 is 0 Å². The third-order valence-electron chi connectivity index (χ3n) is 3.70. The highest BCUT2D eigenvalue weighted by molar-refractivity contribution is 5.36. The Morgan fingerprint density at radius 2 is 2.12 bits per heavy atom. The Bertz CT molecular complexity index is 469. The summed E-state index contributed by atoms with van der Waals surface area (Å²) in [6.07, 6.45) is 4.97. The van der Waals surface area contributed by atoms with Gasteiger partial charge in [-0.2, -0.15) is 5.26 Å². The van der Waals surface area contributed by atoms with E-state index in [2.05, 4.69) is 11.1 Å². The fourth-order valence-corrected chi connectivity index (χ4v) is 2.98. The standard InChI is InChI=1S/C13H14N2O2/c14-8-9-2-1-5-15-12(9)13(16)6-10-3-4-11(7-13)17-10/h1-2,5,10-11,16H,3-4,6-7H2. The molecule has 2 unspecified atom stereocenters. The highest BCUT2D eigenvalue weighted by Crippen LogP contribution is 2.43. The molecule has 0 saturated carbocycles. The van der Waals surface area contributed by atoms with Crippen LogP contribution in [0.1, 0.15) is 36.9 Å². The highest BCUT2D eigenvalue weighted by Gasteiger charge is 2.46. The van der Waals surface area contributed by atoms with Gasteiger partial charge in [-0.1, -0.05) is 0 Å². The number of pyridine rings is 1. The molecular formula is C13H14N2O2. The van der Waals surface area contributed by atoms with Gasteiger partial charge in [0, 0.05) is 19.0 Å². The molecule has 0 spiro atoms. The number of nitrogens with zero attached hydrogens (tertiary/aromatic N) is 2. The Kier molecular flexibility index (Phi) is 2.39. The average Bonchev–Trinajstić information content (AvgIpc) is 2.69. The summed E-state index contributed by atoms with van der Waals surface area (Å²) in [5.41, 5.74) is -0.00449. The quantitative estimate of drug-likeness (QED) is 0.793. The first-order valence-electron chi connectivity index (χ1n) is 5.95. The van der Waals surface area contributed by atoms with Crippen LogP contribution in [0, 0.1) is 11.3 Å². The van der Waals surface area contributed by atoms with E-state index in [0.717, 1.165) is 12.8 Å². The minimum absolute atomic E-state index is 0.118. The zero-order chi connectivity index (χ0) is 11.9. The average molecular weight is 230 g/mol. The van der Waals surface area contributed by atoms with Crippen molar-refractivity contribution in [2.45, 2.75) is 43.5 Å². The lowest BCUT2D eigenvalue weighted by atomic mass is 9.85. The van der Waals surface area contributed by atoms with E-state index in [1.54, 1.807) is 18.3 Å². The molecule has 2 atom stereocenters. The van der Waals surface area contributed by atoms with Crippen LogP contribution in [-0.2, 0) is 10.3 Å². The van der Waals surface area contributed by atoms with Gasteiger partial charge < -0.3 is 9.84 Å². The van der Waals surface area contributed by atoms with E-state index in [0.29, 0.717) is 24.1 Å². The van der Waals surface area contributed by atoms with Crippen LogP contribution in [-0.4, -0.2) is 22.3 Å². The van der Waals surface area contributed by atoms with Crippen molar-refractivity contribution in [3.8, 4) is 6.07 Å². The van der Waals surface area contributed by atoms with Crippen LogP contribution < -0.4 is 0 Å². The van der Waals surface area contributed by atoms with Crippen molar-refractivity contribution in [3.05, 3.63) is 29.6 Å². The van der Waals surface area contributed by atoms with Gasteiger partial charge in [-0.15, -0.1) is 0 Å². The summed E-state index contributed by atoms with van der Waals surface area (Å²) in [6.45, 7) is 0. The third-order valence-corrected chi connectivity index (χ3v) is 3.70. The molecule has 4 nitrogen and oxygen atoms in total. The lowest BCUT2D eigenvalue weighted by molar-refractivity contribution is -0.117. The van der Waals surface area contributed by atoms with Crippen molar-refractivity contribution in [1.82, 2.24) is 4.98 Å². The summed E-state index contributed by atoms with van der Waals surface area (Å²) in [7, 11) is 0. The lowest BCUT2D eigenvalue weighted by Gasteiger charge is -2.36. The number of nitriles is 1. The molecule has 1 aromatic rings. The molecule has 3 rings (SSSR count). The summed E-state index contributed by atoms with van der Waals surface area (Å²) in [4.78, 5) is 4.21. The van der Waals surface area contributed by atoms with E-state index in [9.17, 15) is 5.11 Å². The highest BCUT2D eigenvalue weighted by atomic mass is 16.5. The Balaban J connectivity index is 2.00. The first kappa shape index (κ1) is 10.7. The van der Waals surface area contributed by atoms with E-state index in [1.165, 1.54) is 0 Å². The van der Waals surface area contributed by atoms with Gasteiger partial charge >= 0.3 is 0 Å². The second kappa shape index (κ2) is 3.80. The number of hydrogen-bond acceptors (Lipinski definition) is 4. The fraction of sp³-hybridized carbons (Fsp3) is 0.538. The van der Waals surface area contributed by atoms with Crippen LogP contribution in [0.25, 0.3) is 0 Å². The second-order valence-corrected chi connectivity index (χ2v) is 4.91. The summed E-state index contributed by atoms with van der Waals surface area (Å²) in [6, 6.07) is 5.53. The predicted octanol–water partition coefficient (Wildman–Crippen LogP) is 1.48. The predicted molar refractivity (Wildman–Crippen MR) is 60.0 cm³/mol. The number of hydrogen-bond donors (Lipinski definition) is 1. The molecule has 2 saturated heterocycles. The van der Waals surface area contributed by atoms with E-state index < -0.39 is 5.60 Å². The number of rotatable bonds is 1. The first-order chi connectivity index (χ1) is 8.21. The van der Waals surface area contributed by atoms with Crippen LogP contribution in [0.4, 0.5) is 0 Å². The Morgan fingerprint density at radius 1 is 1.41 bits per heavy atom. The van der Waals surface area contributed by atoms with Gasteiger partial charge in [0.1, 0.15) is 11.7 Å². The number of aromatic nitrogens is 1. The van der Waals surface area contributed by atoms with Gasteiger partial charge in [-0.25, -0.2) is 0 Å². The molecule has 1 aromatic heterocycles. The van der Waals surface area contributed by atoms with Crippen molar-refractivity contribution >= 4 is 0 Å². The molecule has 0 aromatic carbocycles. The largest absolute Gasteiger partial charge is 0.383 e.